The van der Waals surface area contributed by atoms with E-state index in [0.717, 1.165) is 5.56 Å². The van der Waals surface area contributed by atoms with Gasteiger partial charge in [-0.2, -0.15) is 4.98 Å². The maximum Gasteiger partial charge on any atom is 0.262 e. The zero-order valence-corrected chi connectivity index (χ0v) is 19.4. The molecule has 0 fully saturated rings. The summed E-state index contributed by atoms with van der Waals surface area (Å²) in [6.07, 6.45) is 5.07. The van der Waals surface area contributed by atoms with Crippen LogP contribution in [0.5, 0.6) is 17.4 Å². The van der Waals surface area contributed by atoms with Crippen molar-refractivity contribution in [2.24, 2.45) is 0 Å². The monoisotopic (exact) mass is 465 g/mol. The van der Waals surface area contributed by atoms with Crippen LogP contribution >= 0.6 is 0 Å². The number of hydrogen-bond donors (Lipinski definition) is 1. The fraction of sp³-hybridized carbons (Fsp3) is 0.174. The molecule has 4 aromatic rings. The van der Waals surface area contributed by atoms with Gasteiger partial charge in [-0.05, 0) is 68.3 Å². The molecule has 170 valence electrons. The summed E-state index contributed by atoms with van der Waals surface area (Å²) < 4.78 is 41.3. The summed E-state index contributed by atoms with van der Waals surface area (Å²) in [7, 11) is -2.22. The minimum absolute atomic E-state index is 0.199. The predicted octanol–water partition coefficient (Wildman–Crippen LogP) is 4.19. The minimum atomic E-state index is -3.78. The average Bonchev–Trinajstić information content (AvgIpc) is 3.31. The Kier molecular flexibility index (Phi) is 6.01. The Labute approximate surface area is 192 Å². The molecule has 0 spiro atoms. The topological polar surface area (TPSA) is 108 Å². The van der Waals surface area contributed by atoms with Crippen LogP contribution in [0.1, 0.15) is 17.0 Å². The molecule has 0 bridgehead atoms. The Bertz CT molecular complexity index is 1390. The number of aryl methyl sites for hydroxylation is 3. The van der Waals surface area contributed by atoms with Gasteiger partial charge in [-0.3, -0.25) is 9.29 Å². The van der Waals surface area contributed by atoms with Gasteiger partial charge >= 0.3 is 0 Å². The van der Waals surface area contributed by atoms with Crippen molar-refractivity contribution >= 4 is 15.7 Å². The van der Waals surface area contributed by atoms with Crippen molar-refractivity contribution in [2.45, 2.75) is 25.7 Å². The number of anilines is 1. The fourth-order valence-electron chi connectivity index (χ4n) is 3.30. The van der Waals surface area contributed by atoms with Gasteiger partial charge in [0.05, 0.1) is 12.0 Å². The second-order valence-corrected chi connectivity index (χ2v) is 9.05. The molecule has 0 amide bonds. The standard InChI is InChI=1S/C23H23N5O4S/c1-15-12-21(16(2)11-20(15)31-4)33(29,30)27-18-5-7-19(8-6-18)32-23-13-22(25-17(3)26-23)28-10-9-24-14-28/h5-14,27H,1-4H3. The quantitative estimate of drug-likeness (QED) is 0.436. The van der Waals surface area contributed by atoms with Gasteiger partial charge in [0.1, 0.15) is 29.5 Å². The first kappa shape index (κ1) is 22.3. The Morgan fingerprint density at radius 3 is 2.39 bits per heavy atom. The van der Waals surface area contributed by atoms with Crippen molar-refractivity contribution in [3.63, 3.8) is 0 Å². The normalized spacial score (nSPS) is 11.3. The molecule has 0 saturated heterocycles. The van der Waals surface area contributed by atoms with Crippen LogP contribution in [0.25, 0.3) is 5.82 Å². The molecule has 9 nitrogen and oxygen atoms in total. The number of methoxy groups -OCH3 is 1. The SMILES string of the molecule is COc1cc(C)c(S(=O)(=O)Nc2ccc(Oc3cc(-n4ccnc4)nc(C)n3)cc2)cc1C. The lowest BCUT2D eigenvalue weighted by Gasteiger charge is -2.14. The average molecular weight is 466 g/mol. The van der Waals surface area contributed by atoms with E-state index in [1.807, 2.05) is 0 Å². The van der Waals surface area contributed by atoms with Gasteiger partial charge < -0.3 is 9.47 Å². The van der Waals surface area contributed by atoms with Crippen molar-refractivity contribution in [3.8, 4) is 23.2 Å². The number of nitrogens with zero attached hydrogens (tertiary/aromatic N) is 4. The molecule has 1 N–H and O–H groups in total. The van der Waals surface area contributed by atoms with Crippen molar-refractivity contribution in [1.29, 1.82) is 0 Å². The summed E-state index contributed by atoms with van der Waals surface area (Å²) in [6, 6.07) is 11.6. The molecule has 33 heavy (non-hydrogen) atoms. The summed E-state index contributed by atoms with van der Waals surface area (Å²) in [5.74, 6) is 2.69. The van der Waals surface area contributed by atoms with Crippen molar-refractivity contribution in [2.75, 3.05) is 11.8 Å². The van der Waals surface area contributed by atoms with Gasteiger partial charge in [0.15, 0.2) is 0 Å². The molecule has 0 radical (unpaired) electrons. The Morgan fingerprint density at radius 1 is 0.970 bits per heavy atom. The molecular weight excluding hydrogens is 442 g/mol. The van der Waals surface area contributed by atoms with Crippen LogP contribution in [0.15, 0.2) is 66.1 Å². The summed E-state index contributed by atoms with van der Waals surface area (Å²) in [5, 5.41) is 0. The lowest BCUT2D eigenvalue weighted by atomic mass is 10.1. The van der Waals surface area contributed by atoms with Crippen molar-refractivity contribution < 1.29 is 17.9 Å². The molecule has 2 aromatic carbocycles. The highest BCUT2D eigenvalue weighted by Gasteiger charge is 2.19. The third-order valence-electron chi connectivity index (χ3n) is 4.88. The van der Waals surface area contributed by atoms with Gasteiger partial charge in [0.25, 0.3) is 10.0 Å². The number of imidazole rings is 1. The van der Waals surface area contributed by atoms with E-state index in [2.05, 4.69) is 19.7 Å². The summed E-state index contributed by atoms with van der Waals surface area (Å²) in [6.45, 7) is 5.31. The maximum absolute atomic E-state index is 12.9. The van der Waals surface area contributed by atoms with Gasteiger partial charge in [-0.15, -0.1) is 0 Å². The van der Waals surface area contributed by atoms with E-state index < -0.39 is 10.0 Å². The van der Waals surface area contributed by atoms with E-state index in [-0.39, 0.29) is 4.90 Å². The van der Waals surface area contributed by atoms with Crippen LogP contribution in [0.3, 0.4) is 0 Å². The lowest BCUT2D eigenvalue weighted by Crippen LogP contribution is -2.14. The number of hydrogen-bond acceptors (Lipinski definition) is 7. The Hall–Kier alpha value is -3.92. The van der Waals surface area contributed by atoms with E-state index >= 15 is 0 Å². The molecule has 4 rings (SSSR count). The number of sulfonamides is 1. The van der Waals surface area contributed by atoms with E-state index in [1.165, 1.54) is 0 Å². The lowest BCUT2D eigenvalue weighted by molar-refractivity contribution is 0.411. The summed E-state index contributed by atoms with van der Waals surface area (Å²) in [4.78, 5) is 12.9. The van der Waals surface area contributed by atoms with Gasteiger partial charge in [0, 0.05) is 24.1 Å². The first-order valence-corrected chi connectivity index (χ1v) is 11.5. The number of ether oxygens (including phenoxy) is 2. The molecule has 0 unspecified atom stereocenters. The minimum Gasteiger partial charge on any atom is -0.496 e. The molecule has 0 atom stereocenters. The second kappa shape index (κ2) is 8.91. The molecular formula is C23H23N5O4S. The van der Waals surface area contributed by atoms with Crippen LogP contribution < -0.4 is 14.2 Å². The van der Waals surface area contributed by atoms with E-state index in [1.54, 1.807) is 93.6 Å². The Morgan fingerprint density at radius 2 is 1.73 bits per heavy atom. The Balaban J connectivity index is 1.52. The zero-order valence-electron chi connectivity index (χ0n) is 18.6. The van der Waals surface area contributed by atoms with Crippen molar-refractivity contribution in [3.05, 3.63) is 78.1 Å². The number of benzene rings is 2. The third kappa shape index (κ3) is 4.96. The highest BCUT2D eigenvalue weighted by atomic mass is 32.2. The largest absolute Gasteiger partial charge is 0.496 e. The molecule has 0 saturated carbocycles. The highest BCUT2D eigenvalue weighted by Crippen LogP contribution is 2.28. The van der Waals surface area contributed by atoms with Crippen LogP contribution in [-0.4, -0.2) is 35.0 Å². The zero-order chi connectivity index (χ0) is 23.6. The van der Waals surface area contributed by atoms with Crippen molar-refractivity contribution in [1.82, 2.24) is 19.5 Å². The fourth-order valence-corrected chi connectivity index (χ4v) is 4.67. The molecule has 0 aliphatic carbocycles. The van der Waals surface area contributed by atoms with E-state index in [9.17, 15) is 8.42 Å². The molecule has 2 heterocycles. The number of nitrogens with one attached hydrogen (secondary N) is 1. The first-order valence-electron chi connectivity index (χ1n) is 10.0. The smallest absolute Gasteiger partial charge is 0.262 e. The highest BCUT2D eigenvalue weighted by molar-refractivity contribution is 7.92. The van der Waals surface area contributed by atoms with Gasteiger partial charge in [-0.25, -0.2) is 18.4 Å². The van der Waals surface area contributed by atoms with Crippen LogP contribution in [0.2, 0.25) is 0 Å². The summed E-state index contributed by atoms with van der Waals surface area (Å²) >= 11 is 0. The summed E-state index contributed by atoms with van der Waals surface area (Å²) in [5.41, 5.74) is 1.74. The second-order valence-electron chi connectivity index (χ2n) is 7.40. The van der Waals surface area contributed by atoms with Gasteiger partial charge in [0.2, 0.25) is 5.88 Å². The molecule has 0 aliphatic rings. The van der Waals surface area contributed by atoms with E-state index in [4.69, 9.17) is 9.47 Å². The third-order valence-corrected chi connectivity index (χ3v) is 6.40. The predicted molar refractivity (Wildman–Crippen MR) is 124 cm³/mol. The van der Waals surface area contributed by atoms with E-state index in [0.29, 0.717) is 40.3 Å². The van der Waals surface area contributed by atoms with Crippen LogP contribution in [-0.2, 0) is 10.0 Å². The van der Waals surface area contributed by atoms with Crippen LogP contribution in [0, 0.1) is 20.8 Å². The number of rotatable bonds is 7. The molecule has 10 heteroatoms. The molecule has 0 aliphatic heterocycles. The van der Waals surface area contributed by atoms with Gasteiger partial charge in [-0.1, -0.05) is 0 Å². The van der Waals surface area contributed by atoms with Crippen LogP contribution in [0.4, 0.5) is 5.69 Å². The molecule has 2 aromatic heterocycles. The number of aromatic nitrogens is 4. The maximum atomic E-state index is 12.9. The first-order chi connectivity index (χ1) is 15.7.